The molecule has 0 aliphatic rings. The number of halogens is 4. The fraction of sp³-hybridized carbons (Fsp3) is 0.333. The number of aliphatic carboxylic acids is 1. The van der Waals surface area contributed by atoms with Gasteiger partial charge in [-0.05, 0) is 54.1 Å². The van der Waals surface area contributed by atoms with Gasteiger partial charge in [0.1, 0.15) is 17.2 Å². The number of carboxylic acid groups (broad SMARTS) is 1. The van der Waals surface area contributed by atoms with Crippen LogP contribution in [0.5, 0.6) is 11.5 Å². The molecule has 0 unspecified atom stereocenters. The van der Waals surface area contributed by atoms with Crippen molar-refractivity contribution in [3.8, 4) is 11.5 Å². The van der Waals surface area contributed by atoms with Crippen molar-refractivity contribution in [2.45, 2.75) is 45.3 Å². The van der Waals surface area contributed by atoms with E-state index in [1.807, 2.05) is 23.8 Å². The van der Waals surface area contributed by atoms with Crippen LogP contribution >= 0.6 is 11.6 Å². The molecular weight excluding hydrogens is 473 g/mol. The van der Waals surface area contributed by atoms with Crippen LogP contribution in [0.15, 0.2) is 36.5 Å². The summed E-state index contributed by atoms with van der Waals surface area (Å²) < 4.78 is 46.5. The van der Waals surface area contributed by atoms with Crippen molar-refractivity contribution in [3.05, 3.63) is 58.2 Å². The van der Waals surface area contributed by atoms with Crippen molar-refractivity contribution >= 4 is 34.2 Å². The van der Waals surface area contributed by atoms with E-state index in [1.165, 1.54) is 6.07 Å². The number of aromatic nitrogens is 1. The number of hydrogen-bond acceptors (Lipinski definition) is 4. The average Bonchev–Trinajstić information content (AvgIpc) is 3.13. The second kappa shape index (κ2) is 10.4. The summed E-state index contributed by atoms with van der Waals surface area (Å²) in [6, 6.07) is 7.74. The van der Waals surface area contributed by atoms with Crippen molar-refractivity contribution in [1.82, 2.24) is 4.57 Å². The summed E-state index contributed by atoms with van der Waals surface area (Å²) in [6.45, 7) is 2.63. The lowest BCUT2D eigenvalue weighted by Crippen LogP contribution is -2.23. The van der Waals surface area contributed by atoms with Crippen molar-refractivity contribution in [1.29, 1.82) is 5.41 Å². The topological polar surface area (TPSA) is 95.5 Å². The number of carboxylic acids is 1. The van der Waals surface area contributed by atoms with E-state index in [0.717, 1.165) is 17.0 Å². The number of ether oxygens (including phenoxy) is 1. The highest BCUT2D eigenvalue weighted by molar-refractivity contribution is 6.32. The first-order valence-corrected chi connectivity index (χ1v) is 11.0. The number of carbonyl (C=O) groups is 1. The third-order valence-corrected chi connectivity index (χ3v) is 5.73. The molecule has 1 aromatic heterocycles. The zero-order valence-corrected chi connectivity index (χ0v) is 19.1. The van der Waals surface area contributed by atoms with E-state index >= 15 is 0 Å². The number of nitrogens with one attached hydrogen (secondary N) is 1. The average molecular weight is 497 g/mol. The van der Waals surface area contributed by atoms with Gasteiger partial charge in [0, 0.05) is 34.4 Å². The van der Waals surface area contributed by atoms with Gasteiger partial charge in [0.15, 0.2) is 0 Å². The van der Waals surface area contributed by atoms with Crippen LogP contribution in [0.25, 0.3) is 10.9 Å². The number of phenols is 1. The highest BCUT2D eigenvalue weighted by Gasteiger charge is 2.37. The van der Waals surface area contributed by atoms with Gasteiger partial charge < -0.3 is 19.5 Å². The summed E-state index contributed by atoms with van der Waals surface area (Å²) in [5.41, 5.74) is -0.537. The van der Waals surface area contributed by atoms with Crippen LogP contribution in [0, 0.1) is 5.41 Å². The highest BCUT2D eigenvalue weighted by atomic mass is 35.5. The molecule has 0 saturated heterocycles. The Morgan fingerprint density at radius 1 is 1.24 bits per heavy atom. The lowest BCUT2D eigenvalue weighted by Gasteiger charge is -2.17. The summed E-state index contributed by atoms with van der Waals surface area (Å²) in [4.78, 5) is 11.0. The quantitative estimate of drug-likeness (QED) is 0.238. The normalized spacial score (nSPS) is 11.7. The van der Waals surface area contributed by atoms with Gasteiger partial charge >= 0.3 is 12.1 Å². The second-order valence-corrected chi connectivity index (χ2v) is 8.25. The minimum absolute atomic E-state index is 0.165. The van der Waals surface area contributed by atoms with Crippen LogP contribution in [0.1, 0.15) is 36.5 Å². The van der Waals surface area contributed by atoms with Crippen LogP contribution in [0.3, 0.4) is 0 Å². The van der Waals surface area contributed by atoms with Crippen molar-refractivity contribution in [2.75, 3.05) is 6.61 Å². The van der Waals surface area contributed by atoms with Crippen LogP contribution in [0.4, 0.5) is 13.2 Å². The Balaban J connectivity index is 1.70. The molecule has 3 rings (SSSR count). The molecule has 0 spiro atoms. The van der Waals surface area contributed by atoms with Crippen LogP contribution in [-0.4, -0.2) is 39.2 Å². The predicted octanol–water partition coefficient (Wildman–Crippen LogP) is 5.98. The largest absolute Gasteiger partial charge is 0.507 e. The van der Waals surface area contributed by atoms with E-state index in [2.05, 4.69) is 0 Å². The van der Waals surface area contributed by atoms with Gasteiger partial charge in [-0.2, -0.15) is 13.2 Å². The molecule has 2 aromatic carbocycles. The second-order valence-electron chi connectivity index (χ2n) is 7.85. The molecule has 182 valence electrons. The maximum absolute atomic E-state index is 12.9. The number of rotatable bonds is 10. The van der Waals surface area contributed by atoms with Gasteiger partial charge in [-0.25, -0.2) is 0 Å². The fourth-order valence-electron chi connectivity index (χ4n) is 3.77. The Morgan fingerprint density at radius 2 is 1.97 bits per heavy atom. The molecule has 1 heterocycles. The number of aryl methyl sites for hydroxylation is 1. The van der Waals surface area contributed by atoms with E-state index < -0.39 is 29.2 Å². The molecule has 0 atom stereocenters. The molecule has 0 amide bonds. The molecule has 0 aliphatic heterocycles. The Kier molecular flexibility index (Phi) is 7.76. The molecule has 0 fully saturated rings. The molecule has 0 bridgehead atoms. The number of nitrogens with zero attached hydrogens (tertiary/aromatic N) is 1. The van der Waals surface area contributed by atoms with Crippen molar-refractivity contribution in [2.24, 2.45) is 0 Å². The molecule has 0 saturated carbocycles. The SMILES string of the molecule is CCCc1c(OCCCn2ccc3cc(CC(=O)O)c(Cl)cc32)ccc(C(=N)C(F)(F)F)c1O. The van der Waals surface area contributed by atoms with Crippen molar-refractivity contribution < 1.29 is 32.9 Å². The third kappa shape index (κ3) is 5.64. The molecule has 10 heteroatoms. The lowest BCUT2D eigenvalue weighted by molar-refractivity contribution is -0.136. The first-order valence-electron chi connectivity index (χ1n) is 10.7. The first kappa shape index (κ1) is 25.4. The third-order valence-electron chi connectivity index (χ3n) is 5.37. The molecular formula is C24H24ClF3N2O4. The molecule has 0 radical (unpaired) electrons. The van der Waals surface area contributed by atoms with E-state index in [4.69, 9.17) is 26.9 Å². The smallest absolute Gasteiger partial charge is 0.433 e. The zero-order valence-electron chi connectivity index (χ0n) is 18.4. The number of hydrogen-bond donors (Lipinski definition) is 3. The Bertz CT molecular complexity index is 1220. The highest BCUT2D eigenvalue weighted by Crippen LogP contribution is 2.36. The fourth-order valence-corrected chi connectivity index (χ4v) is 3.99. The lowest BCUT2D eigenvalue weighted by atomic mass is 10.00. The van der Waals surface area contributed by atoms with Gasteiger partial charge in [-0.1, -0.05) is 24.9 Å². The molecule has 3 aromatic rings. The minimum atomic E-state index is -4.86. The number of phenolic OH excluding ortho intramolecular Hbond substituents is 1. The van der Waals surface area contributed by atoms with Gasteiger partial charge in [0.25, 0.3) is 0 Å². The molecule has 3 N–H and O–H groups in total. The standard InChI is InChI=1S/C24H24ClF3N2O4/c1-2-4-16-20(6-5-17(22(16)33)23(29)24(26,27)28)34-10-3-8-30-9-7-14-11-15(12-21(31)32)18(25)13-19(14)30/h5-7,9,11,13,29,33H,2-4,8,10,12H2,1H3,(H,31,32). The zero-order chi connectivity index (χ0) is 25.0. The van der Waals surface area contributed by atoms with Crippen LogP contribution in [-0.2, 0) is 24.2 Å². The molecule has 6 nitrogen and oxygen atoms in total. The van der Waals surface area contributed by atoms with Crippen LogP contribution in [0.2, 0.25) is 5.02 Å². The number of aromatic hydroxyl groups is 1. The van der Waals surface area contributed by atoms with E-state index in [-0.39, 0.29) is 24.3 Å². The minimum Gasteiger partial charge on any atom is -0.507 e. The summed E-state index contributed by atoms with van der Waals surface area (Å²) in [5.74, 6) is -1.25. The van der Waals surface area contributed by atoms with Crippen LogP contribution < -0.4 is 4.74 Å². The summed E-state index contributed by atoms with van der Waals surface area (Å²) in [5, 5.41) is 27.9. The van der Waals surface area contributed by atoms with Gasteiger partial charge in [-0.15, -0.1) is 0 Å². The monoisotopic (exact) mass is 496 g/mol. The van der Waals surface area contributed by atoms with Gasteiger partial charge in [0.05, 0.1) is 13.0 Å². The molecule has 0 aliphatic carbocycles. The summed E-state index contributed by atoms with van der Waals surface area (Å²) in [6.07, 6.45) is -1.73. The Morgan fingerprint density at radius 3 is 2.62 bits per heavy atom. The summed E-state index contributed by atoms with van der Waals surface area (Å²) >= 11 is 6.23. The number of alkyl halides is 3. The molecule has 34 heavy (non-hydrogen) atoms. The maximum Gasteiger partial charge on any atom is 0.433 e. The van der Waals surface area contributed by atoms with E-state index in [0.29, 0.717) is 36.4 Å². The Labute approximate surface area is 199 Å². The van der Waals surface area contributed by atoms with Gasteiger partial charge in [0.2, 0.25) is 0 Å². The Hall–Kier alpha value is -3.20. The van der Waals surface area contributed by atoms with Gasteiger partial charge in [-0.3, -0.25) is 10.2 Å². The maximum atomic E-state index is 12.9. The van der Waals surface area contributed by atoms with Crippen molar-refractivity contribution in [3.63, 3.8) is 0 Å². The number of benzene rings is 2. The number of fused-ring (bicyclic) bond motifs is 1. The first-order chi connectivity index (χ1) is 16.0. The predicted molar refractivity (Wildman–Crippen MR) is 123 cm³/mol. The van der Waals surface area contributed by atoms with E-state index in [1.54, 1.807) is 12.1 Å². The van der Waals surface area contributed by atoms with E-state index in [9.17, 15) is 23.1 Å². The summed E-state index contributed by atoms with van der Waals surface area (Å²) in [7, 11) is 0.